The van der Waals surface area contributed by atoms with Crippen LogP contribution in [0.5, 0.6) is 5.75 Å². The topological polar surface area (TPSA) is 64.6 Å². The Balaban J connectivity index is 2.17. The molecule has 5 nitrogen and oxygen atoms in total. The first kappa shape index (κ1) is 21.5. The van der Waals surface area contributed by atoms with E-state index in [0.29, 0.717) is 26.4 Å². The molecular weight excluding hydrogens is 409 g/mol. The van der Waals surface area contributed by atoms with Gasteiger partial charge >= 0.3 is 5.97 Å². The fraction of sp³-hybridized carbons (Fsp3) is 0.368. The van der Waals surface area contributed by atoms with Crippen molar-refractivity contribution in [2.45, 2.75) is 46.8 Å². The standard InChI is InChI=1S/C19H21Cl2NO4S/c1-9(2)25-19(24)16-10(3)12(5)27-18(16)22-17(23)11(4)26-15-7-6-13(20)8-14(15)21/h6-9,11H,1-5H3,(H,22,23). The van der Waals surface area contributed by atoms with Crippen molar-refractivity contribution in [3.05, 3.63) is 44.2 Å². The average Bonchev–Trinajstić information content (AvgIpc) is 2.83. The van der Waals surface area contributed by atoms with Crippen LogP contribution < -0.4 is 10.1 Å². The van der Waals surface area contributed by atoms with Gasteiger partial charge in [0.1, 0.15) is 10.8 Å². The van der Waals surface area contributed by atoms with E-state index in [-0.39, 0.29) is 6.10 Å². The van der Waals surface area contributed by atoms with Crippen molar-refractivity contribution in [1.29, 1.82) is 0 Å². The van der Waals surface area contributed by atoms with Crippen molar-refractivity contribution < 1.29 is 19.1 Å². The second-order valence-corrected chi connectivity index (χ2v) is 8.33. The third-order valence-corrected chi connectivity index (χ3v) is 5.39. The minimum Gasteiger partial charge on any atom is -0.479 e. The number of thiophene rings is 1. The summed E-state index contributed by atoms with van der Waals surface area (Å²) in [4.78, 5) is 25.9. The van der Waals surface area contributed by atoms with Gasteiger partial charge in [-0.1, -0.05) is 23.2 Å². The molecule has 0 aliphatic carbocycles. The summed E-state index contributed by atoms with van der Waals surface area (Å²) in [6, 6.07) is 4.76. The van der Waals surface area contributed by atoms with Gasteiger partial charge in [0.15, 0.2) is 6.10 Å². The lowest BCUT2D eigenvalue weighted by Crippen LogP contribution is -2.30. The van der Waals surface area contributed by atoms with Gasteiger partial charge < -0.3 is 14.8 Å². The van der Waals surface area contributed by atoms with Crippen molar-refractivity contribution >= 4 is 51.4 Å². The van der Waals surface area contributed by atoms with Gasteiger partial charge in [-0.3, -0.25) is 4.79 Å². The maximum absolute atomic E-state index is 12.6. The van der Waals surface area contributed by atoms with Crippen molar-refractivity contribution in [2.24, 2.45) is 0 Å². The van der Waals surface area contributed by atoms with Gasteiger partial charge in [-0.05, 0) is 58.4 Å². The van der Waals surface area contributed by atoms with Gasteiger partial charge in [0, 0.05) is 9.90 Å². The number of esters is 1. The van der Waals surface area contributed by atoms with E-state index < -0.39 is 18.0 Å². The summed E-state index contributed by atoms with van der Waals surface area (Å²) in [6.45, 7) is 8.85. The molecule has 27 heavy (non-hydrogen) atoms. The largest absolute Gasteiger partial charge is 0.479 e. The SMILES string of the molecule is Cc1sc(NC(=O)C(C)Oc2ccc(Cl)cc2Cl)c(C(=O)OC(C)C)c1C. The summed E-state index contributed by atoms with van der Waals surface area (Å²) < 4.78 is 10.9. The van der Waals surface area contributed by atoms with Crippen LogP contribution in [0.1, 0.15) is 41.6 Å². The van der Waals surface area contributed by atoms with Crippen LogP contribution in [0.15, 0.2) is 18.2 Å². The Morgan fingerprint density at radius 1 is 1.15 bits per heavy atom. The minimum absolute atomic E-state index is 0.255. The van der Waals surface area contributed by atoms with Crippen LogP contribution >= 0.6 is 34.5 Å². The number of benzene rings is 1. The van der Waals surface area contributed by atoms with Gasteiger partial charge in [-0.25, -0.2) is 4.79 Å². The fourth-order valence-corrected chi connectivity index (χ4v) is 3.77. The number of rotatable bonds is 6. The number of amides is 1. The van der Waals surface area contributed by atoms with Crippen LogP contribution in [0.3, 0.4) is 0 Å². The molecule has 1 atom stereocenters. The van der Waals surface area contributed by atoms with Crippen molar-refractivity contribution in [3.8, 4) is 5.75 Å². The molecule has 2 rings (SSSR count). The van der Waals surface area contributed by atoms with Crippen LogP contribution in [0, 0.1) is 13.8 Å². The van der Waals surface area contributed by atoms with Gasteiger partial charge in [0.25, 0.3) is 5.91 Å². The second-order valence-electron chi connectivity index (χ2n) is 6.27. The first-order chi connectivity index (χ1) is 12.6. The second kappa shape index (κ2) is 8.95. The Kier molecular flexibility index (Phi) is 7.14. The van der Waals surface area contributed by atoms with Crippen LogP contribution in [-0.4, -0.2) is 24.1 Å². The van der Waals surface area contributed by atoms with Crippen molar-refractivity contribution in [2.75, 3.05) is 5.32 Å². The molecule has 0 spiro atoms. The number of hydrogen-bond donors (Lipinski definition) is 1. The molecule has 1 heterocycles. The highest BCUT2D eigenvalue weighted by Gasteiger charge is 2.25. The normalized spacial score (nSPS) is 12.0. The molecule has 1 N–H and O–H groups in total. The summed E-state index contributed by atoms with van der Waals surface area (Å²) in [5.41, 5.74) is 1.16. The average molecular weight is 430 g/mol. The van der Waals surface area contributed by atoms with E-state index in [1.807, 2.05) is 13.8 Å². The van der Waals surface area contributed by atoms with Crippen LogP contribution in [0.25, 0.3) is 0 Å². The molecule has 1 amide bonds. The summed E-state index contributed by atoms with van der Waals surface area (Å²) >= 11 is 13.3. The molecule has 0 radical (unpaired) electrons. The first-order valence-corrected chi connectivity index (χ1v) is 9.91. The number of ether oxygens (including phenoxy) is 2. The van der Waals surface area contributed by atoms with Crippen LogP contribution in [-0.2, 0) is 9.53 Å². The summed E-state index contributed by atoms with van der Waals surface area (Å²) in [6.07, 6.45) is -1.09. The lowest BCUT2D eigenvalue weighted by molar-refractivity contribution is -0.122. The predicted octanol–water partition coefficient (Wildman–Crippen LogP) is 5.64. The van der Waals surface area contributed by atoms with E-state index >= 15 is 0 Å². The number of carbonyl (C=O) groups excluding carboxylic acids is 2. The molecule has 2 aromatic rings. The molecule has 1 unspecified atom stereocenters. The maximum Gasteiger partial charge on any atom is 0.341 e. The highest BCUT2D eigenvalue weighted by Crippen LogP contribution is 2.34. The third-order valence-electron chi connectivity index (χ3n) is 3.74. The van der Waals surface area contributed by atoms with Crippen LogP contribution in [0.4, 0.5) is 5.00 Å². The monoisotopic (exact) mass is 429 g/mol. The maximum atomic E-state index is 12.6. The number of anilines is 1. The van der Waals surface area contributed by atoms with Gasteiger partial charge in [-0.2, -0.15) is 0 Å². The fourth-order valence-electron chi connectivity index (χ4n) is 2.26. The van der Waals surface area contributed by atoms with Crippen LogP contribution in [0.2, 0.25) is 10.0 Å². The van der Waals surface area contributed by atoms with E-state index in [0.717, 1.165) is 10.4 Å². The van der Waals surface area contributed by atoms with E-state index in [2.05, 4.69) is 5.32 Å². The highest BCUT2D eigenvalue weighted by molar-refractivity contribution is 7.16. The molecule has 0 saturated carbocycles. The van der Waals surface area contributed by atoms with Gasteiger partial charge in [0.2, 0.25) is 0 Å². The van der Waals surface area contributed by atoms with E-state index in [9.17, 15) is 9.59 Å². The Morgan fingerprint density at radius 2 is 1.81 bits per heavy atom. The minimum atomic E-state index is -0.833. The predicted molar refractivity (Wildman–Crippen MR) is 110 cm³/mol. The number of aryl methyl sites for hydroxylation is 1. The van der Waals surface area contributed by atoms with Gasteiger partial charge in [-0.15, -0.1) is 11.3 Å². The summed E-state index contributed by atoms with van der Waals surface area (Å²) in [5.74, 6) is -0.515. The smallest absolute Gasteiger partial charge is 0.341 e. The van der Waals surface area contributed by atoms with Crippen molar-refractivity contribution in [1.82, 2.24) is 0 Å². The van der Waals surface area contributed by atoms with Gasteiger partial charge in [0.05, 0.1) is 16.7 Å². The molecule has 8 heteroatoms. The number of hydrogen-bond acceptors (Lipinski definition) is 5. The zero-order valence-corrected chi connectivity index (χ0v) is 18.0. The molecular formula is C19H21Cl2NO4S. The molecule has 0 saturated heterocycles. The molecule has 0 bridgehead atoms. The number of halogens is 2. The Hall–Kier alpha value is -1.76. The van der Waals surface area contributed by atoms with Crippen molar-refractivity contribution in [3.63, 3.8) is 0 Å². The molecule has 1 aromatic carbocycles. The lowest BCUT2D eigenvalue weighted by atomic mass is 10.1. The number of nitrogens with one attached hydrogen (secondary N) is 1. The number of carbonyl (C=O) groups is 2. The quantitative estimate of drug-likeness (QED) is 0.602. The summed E-state index contributed by atoms with van der Waals surface area (Å²) in [7, 11) is 0. The lowest BCUT2D eigenvalue weighted by Gasteiger charge is -2.16. The first-order valence-electron chi connectivity index (χ1n) is 8.33. The molecule has 0 aliphatic heterocycles. The summed E-state index contributed by atoms with van der Waals surface area (Å²) in [5, 5.41) is 3.99. The zero-order valence-electron chi connectivity index (χ0n) is 15.7. The Labute approximate surface area is 172 Å². The van der Waals surface area contributed by atoms with E-state index in [1.54, 1.807) is 32.9 Å². The zero-order chi connectivity index (χ0) is 20.3. The van der Waals surface area contributed by atoms with E-state index in [4.69, 9.17) is 32.7 Å². The molecule has 0 aliphatic rings. The highest BCUT2D eigenvalue weighted by atomic mass is 35.5. The third kappa shape index (κ3) is 5.37. The van der Waals surface area contributed by atoms with E-state index in [1.165, 1.54) is 17.4 Å². The molecule has 1 aromatic heterocycles. The molecule has 146 valence electrons. The molecule has 0 fully saturated rings. The Morgan fingerprint density at radius 3 is 2.41 bits per heavy atom. The Bertz CT molecular complexity index is 864.